The van der Waals surface area contributed by atoms with E-state index in [-0.39, 0.29) is 35.7 Å². The van der Waals surface area contributed by atoms with Crippen molar-refractivity contribution in [2.45, 2.75) is 46.6 Å². The highest BCUT2D eigenvalue weighted by Gasteiger charge is 2.42. The first kappa shape index (κ1) is 29.0. The highest BCUT2D eigenvalue weighted by atomic mass is 19.1. The molecule has 2 heterocycles. The summed E-state index contributed by atoms with van der Waals surface area (Å²) in [5.74, 6) is 0.508. The third kappa shape index (κ3) is 5.93. The summed E-state index contributed by atoms with van der Waals surface area (Å²) in [6.07, 6.45) is 0.556. The summed E-state index contributed by atoms with van der Waals surface area (Å²) in [6.45, 7) is 12.8. The van der Waals surface area contributed by atoms with Gasteiger partial charge >= 0.3 is 0 Å². The van der Waals surface area contributed by atoms with Crippen molar-refractivity contribution >= 4 is 17.3 Å². The molecule has 2 aliphatic heterocycles. The van der Waals surface area contributed by atoms with Gasteiger partial charge in [0.05, 0.1) is 31.0 Å². The van der Waals surface area contributed by atoms with E-state index in [1.54, 1.807) is 30.3 Å². The van der Waals surface area contributed by atoms with Crippen LogP contribution in [-0.2, 0) is 16.0 Å². The lowest BCUT2D eigenvalue weighted by atomic mass is 9.85. The van der Waals surface area contributed by atoms with E-state index in [2.05, 4.69) is 25.7 Å². The van der Waals surface area contributed by atoms with Crippen LogP contribution in [0.25, 0.3) is 0 Å². The van der Waals surface area contributed by atoms with Crippen LogP contribution in [0.4, 0.5) is 15.8 Å². The van der Waals surface area contributed by atoms with E-state index in [0.717, 1.165) is 5.57 Å². The summed E-state index contributed by atoms with van der Waals surface area (Å²) in [4.78, 5) is 15.9. The quantitative estimate of drug-likeness (QED) is 0.218. The molecule has 3 aromatic carbocycles. The second kappa shape index (κ2) is 11.8. The first-order chi connectivity index (χ1) is 20.1. The van der Waals surface area contributed by atoms with E-state index in [4.69, 9.17) is 14.2 Å². The first-order valence-electron chi connectivity index (χ1n) is 14.1. The van der Waals surface area contributed by atoms with Crippen LogP contribution in [0.1, 0.15) is 51.3 Å². The van der Waals surface area contributed by atoms with E-state index in [0.29, 0.717) is 59.5 Å². The van der Waals surface area contributed by atoms with Crippen molar-refractivity contribution in [1.82, 2.24) is 0 Å². The standard InChI is InChI=1S/C34H37FN2O5/c1-6-40-29-13-8-7-10-22(29)16-30(39)37-27-11-9-12-28(38)31(27)36-26-18-34(4,5)20-42-33(26)32(37)24-15-14-23(17-25(24)35)41-19-21(2)3/h7-15,17,32,36,38H,2,6,16,18-20H2,1,3-5H3. The lowest BCUT2D eigenvalue weighted by Gasteiger charge is -2.38. The number of aromatic hydroxyl groups is 1. The number of para-hydroxylation sites is 2. The van der Waals surface area contributed by atoms with Gasteiger partial charge in [0, 0.05) is 22.6 Å². The number of anilines is 2. The van der Waals surface area contributed by atoms with Gasteiger partial charge in [0.15, 0.2) is 0 Å². The zero-order valence-electron chi connectivity index (χ0n) is 24.5. The molecule has 0 fully saturated rings. The van der Waals surface area contributed by atoms with Crippen LogP contribution in [0.5, 0.6) is 17.2 Å². The predicted molar refractivity (Wildman–Crippen MR) is 161 cm³/mol. The molecule has 0 saturated heterocycles. The van der Waals surface area contributed by atoms with Gasteiger partial charge in [-0.2, -0.15) is 0 Å². The van der Waals surface area contributed by atoms with E-state index in [9.17, 15) is 9.90 Å². The fourth-order valence-electron chi connectivity index (χ4n) is 5.37. The number of amides is 1. The molecule has 8 heteroatoms. The number of hydrogen-bond acceptors (Lipinski definition) is 6. The van der Waals surface area contributed by atoms with Gasteiger partial charge in [-0.25, -0.2) is 4.39 Å². The van der Waals surface area contributed by atoms with Crippen molar-refractivity contribution in [3.63, 3.8) is 0 Å². The highest BCUT2D eigenvalue weighted by molar-refractivity contribution is 6.01. The number of hydrogen-bond donors (Lipinski definition) is 2. The average molecular weight is 573 g/mol. The average Bonchev–Trinajstić information content (AvgIpc) is 3.07. The number of carbonyl (C=O) groups excluding carboxylic acids is 1. The normalized spacial score (nSPS) is 17.3. The zero-order chi connectivity index (χ0) is 30.0. The maximum atomic E-state index is 16.1. The van der Waals surface area contributed by atoms with Crippen molar-refractivity contribution in [3.05, 3.63) is 101 Å². The van der Waals surface area contributed by atoms with Crippen molar-refractivity contribution in [2.75, 3.05) is 30.0 Å². The molecular weight excluding hydrogens is 535 g/mol. The minimum absolute atomic E-state index is 0.0166. The van der Waals surface area contributed by atoms with E-state index in [1.165, 1.54) is 11.0 Å². The van der Waals surface area contributed by atoms with Crippen molar-refractivity contribution in [3.8, 4) is 17.2 Å². The molecule has 3 aromatic rings. The van der Waals surface area contributed by atoms with Gasteiger partial charge in [0.25, 0.3) is 0 Å². The molecule has 1 amide bonds. The molecule has 0 bridgehead atoms. The molecule has 42 heavy (non-hydrogen) atoms. The number of phenolic OH excluding ortho intramolecular Hbond substituents is 1. The molecule has 0 radical (unpaired) electrons. The number of ether oxygens (including phenoxy) is 3. The molecule has 2 N–H and O–H groups in total. The van der Waals surface area contributed by atoms with Gasteiger partial charge in [-0.15, -0.1) is 0 Å². The van der Waals surface area contributed by atoms with Gasteiger partial charge in [0.1, 0.15) is 47.2 Å². The fourth-order valence-corrected chi connectivity index (χ4v) is 5.37. The summed E-state index contributed by atoms with van der Waals surface area (Å²) >= 11 is 0. The van der Waals surface area contributed by atoms with Crippen LogP contribution in [0.2, 0.25) is 0 Å². The van der Waals surface area contributed by atoms with E-state index >= 15 is 4.39 Å². The van der Waals surface area contributed by atoms with Crippen LogP contribution in [0, 0.1) is 11.2 Å². The maximum absolute atomic E-state index is 16.1. The highest BCUT2D eigenvalue weighted by Crippen LogP contribution is 2.50. The SMILES string of the molecule is C=C(C)COc1ccc(C2C3=C(CC(C)(C)CO3)Nc3c(O)cccc3N2C(=O)Cc2ccccc2OCC)c(F)c1. The van der Waals surface area contributed by atoms with Crippen LogP contribution in [0.3, 0.4) is 0 Å². The Morgan fingerprint density at radius 2 is 1.95 bits per heavy atom. The van der Waals surface area contributed by atoms with Crippen molar-refractivity contribution < 1.29 is 28.5 Å². The topological polar surface area (TPSA) is 80.3 Å². The summed E-state index contributed by atoms with van der Waals surface area (Å²) in [7, 11) is 0. The van der Waals surface area contributed by atoms with Crippen LogP contribution >= 0.6 is 0 Å². The molecule has 7 nitrogen and oxygen atoms in total. The second-order valence-corrected chi connectivity index (χ2v) is 11.6. The Labute approximate surface area is 246 Å². The Morgan fingerprint density at radius 3 is 2.69 bits per heavy atom. The van der Waals surface area contributed by atoms with Crippen LogP contribution in [-0.4, -0.2) is 30.8 Å². The Morgan fingerprint density at radius 1 is 1.17 bits per heavy atom. The third-order valence-electron chi connectivity index (χ3n) is 7.27. The van der Waals surface area contributed by atoms with E-state index in [1.807, 2.05) is 38.1 Å². The van der Waals surface area contributed by atoms with E-state index < -0.39 is 11.9 Å². The number of phenols is 1. The maximum Gasteiger partial charge on any atom is 0.232 e. The van der Waals surface area contributed by atoms with Crippen LogP contribution < -0.4 is 19.7 Å². The second-order valence-electron chi connectivity index (χ2n) is 11.6. The predicted octanol–water partition coefficient (Wildman–Crippen LogP) is 7.29. The van der Waals surface area contributed by atoms with Crippen LogP contribution in [0.15, 0.2) is 84.3 Å². The Bertz CT molecular complexity index is 1550. The van der Waals surface area contributed by atoms with Gasteiger partial charge < -0.3 is 24.6 Å². The Kier molecular flexibility index (Phi) is 8.16. The molecular formula is C34H37FN2O5. The van der Waals surface area contributed by atoms with Gasteiger partial charge in [-0.3, -0.25) is 9.69 Å². The lowest BCUT2D eigenvalue weighted by molar-refractivity contribution is -0.118. The molecule has 0 aromatic heterocycles. The molecule has 0 aliphatic carbocycles. The number of benzene rings is 3. The summed E-state index contributed by atoms with van der Waals surface area (Å²) in [5.41, 5.74) is 2.99. The molecule has 0 spiro atoms. The number of halogens is 1. The smallest absolute Gasteiger partial charge is 0.232 e. The molecule has 1 atom stereocenters. The number of rotatable bonds is 8. The lowest BCUT2D eigenvalue weighted by Crippen LogP contribution is -2.39. The van der Waals surface area contributed by atoms with Gasteiger partial charge in [-0.05, 0) is 56.2 Å². The Balaban J connectivity index is 1.68. The molecule has 1 unspecified atom stereocenters. The molecule has 2 aliphatic rings. The zero-order valence-corrected chi connectivity index (χ0v) is 24.5. The van der Waals surface area contributed by atoms with Crippen molar-refractivity contribution in [2.24, 2.45) is 5.41 Å². The minimum atomic E-state index is -0.950. The minimum Gasteiger partial charge on any atom is -0.506 e. The first-order valence-corrected chi connectivity index (χ1v) is 14.1. The number of nitrogens with zero attached hydrogens (tertiary/aromatic N) is 1. The Hall–Kier alpha value is -4.46. The van der Waals surface area contributed by atoms with Crippen molar-refractivity contribution in [1.29, 1.82) is 0 Å². The molecule has 0 saturated carbocycles. The summed E-state index contributed by atoms with van der Waals surface area (Å²) in [6, 6.07) is 16.0. The number of carbonyl (C=O) groups is 1. The number of allylic oxidation sites excluding steroid dienone is 1. The molecule has 220 valence electrons. The number of fused-ring (bicyclic) bond motifs is 1. The summed E-state index contributed by atoms with van der Waals surface area (Å²) < 4.78 is 33.9. The summed E-state index contributed by atoms with van der Waals surface area (Å²) in [5, 5.41) is 14.3. The molecule has 5 rings (SSSR count). The largest absolute Gasteiger partial charge is 0.506 e. The number of nitrogens with one attached hydrogen (secondary N) is 1. The van der Waals surface area contributed by atoms with Gasteiger partial charge in [-0.1, -0.05) is 44.7 Å². The fraction of sp³-hybridized carbons (Fsp3) is 0.324. The third-order valence-corrected chi connectivity index (χ3v) is 7.27. The van der Waals surface area contributed by atoms with Gasteiger partial charge in [0.2, 0.25) is 5.91 Å². The monoisotopic (exact) mass is 572 g/mol.